The van der Waals surface area contributed by atoms with Gasteiger partial charge in [-0.3, -0.25) is 0 Å². The fraction of sp³-hybridized carbons (Fsp3) is 0.158. The summed E-state index contributed by atoms with van der Waals surface area (Å²) in [6.07, 6.45) is -4.36. The quantitative estimate of drug-likeness (QED) is 0.594. The second kappa shape index (κ2) is 7.68. The van der Waals surface area contributed by atoms with Gasteiger partial charge in [-0.05, 0) is 24.3 Å². The molecular formula is C19H13F3N2O2S. The molecule has 0 saturated carbocycles. The first-order valence-electron chi connectivity index (χ1n) is 7.73. The summed E-state index contributed by atoms with van der Waals surface area (Å²) in [6.45, 7) is 0.166. The maximum Gasteiger partial charge on any atom is 0.416 e. The van der Waals surface area contributed by atoms with Crippen LogP contribution in [0.4, 0.5) is 13.2 Å². The Bertz CT molecular complexity index is 976. The van der Waals surface area contributed by atoms with E-state index in [1.54, 1.807) is 23.6 Å². The van der Waals surface area contributed by atoms with Gasteiger partial charge < -0.3 is 9.47 Å². The third-order valence-corrected chi connectivity index (χ3v) is 4.62. The number of methoxy groups -OCH3 is 1. The van der Waals surface area contributed by atoms with Gasteiger partial charge in [0, 0.05) is 17.0 Å². The fourth-order valence-electron chi connectivity index (χ4n) is 2.32. The average Bonchev–Trinajstić information content (AvgIpc) is 3.14. The zero-order valence-corrected chi connectivity index (χ0v) is 14.9. The third-order valence-electron chi connectivity index (χ3n) is 3.68. The summed E-state index contributed by atoms with van der Waals surface area (Å²) in [5, 5.41) is 11.3. The Morgan fingerprint density at radius 3 is 2.48 bits per heavy atom. The molecule has 0 unspecified atom stereocenters. The van der Waals surface area contributed by atoms with E-state index in [-0.39, 0.29) is 6.61 Å². The first-order valence-corrected chi connectivity index (χ1v) is 8.61. The Labute approximate surface area is 157 Å². The molecule has 1 heterocycles. The van der Waals surface area contributed by atoms with Gasteiger partial charge in [-0.2, -0.15) is 18.4 Å². The number of nitrogens with zero attached hydrogens (tertiary/aromatic N) is 2. The highest BCUT2D eigenvalue weighted by molar-refractivity contribution is 7.13. The van der Waals surface area contributed by atoms with Crippen LogP contribution in [0.1, 0.15) is 16.8 Å². The zero-order chi connectivity index (χ0) is 19.4. The molecule has 138 valence electrons. The van der Waals surface area contributed by atoms with Crippen LogP contribution in [0.15, 0.2) is 47.8 Å². The van der Waals surface area contributed by atoms with Crippen LogP contribution >= 0.6 is 11.3 Å². The summed E-state index contributed by atoms with van der Waals surface area (Å²) in [6, 6.07) is 11.7. The molecule has 0 amide bonds. The lowest BCUT2D eigenvalue weighted by atomic mass is 10.1. The highest BCUT2D eigenvalue weighted by atomic mass is 32.1. The van der Waals surface area contributed by atoms with Gasteiger partial charge in [-0.15, -0.1) is 11.3 Å². The number of thiazole rings is 1. The molecule has 27 heavy (non-hydrogen) atoms. The minimum absolute atomic E-state index is 0.166. The van der Waals surface area contributed by atoms with Crippen LogP contribution in [0.2, 0.25) is 0 Å². The predicted octanol–water partition coefficient (Wildman–Crippen LogP) is 5.29. The summed E-state index contributed by atoms with van der Waals surface area (Å²) in [7, 11) is 1.48. The maximum absolute atomic E-state index is 12.6. The Morgan fingerprint density at radius 1 is 1.11 bits per heavy atom. The Balaban J connectivity index is 1.71. The van der Waals surface area contributed by atoms with Gasteiger partial charge in [-0.1, -0.05) is 12.1 Å². The lowest BCUT2D eigenvalue weighted by Gasteiger charge is -2.09. The van der Waals surface area contributed by atoms with E-state index in [4.69, 9.17) is 14.7 Å². The first-order chi connectivity index (χ1) is 12.9. The number of aromatic nitrogens is 1. The molecule has 0 atom stereocenters. The molecule has 0 bridgehead atoms. The van der Waals surface area contributed by atoms with Crippen LogP contribution in [0.5, 0.6) is 11.5 Å². The third kappa shape index (κ3) is 4.38. The first kappa shape index (κ1) is 18.7. The highest BCUT2D eigenvalue weighted by Gasteiger charge is 2.30. The zero-order valence-electron chi connectivity index (χ0n) is 14.1. The van der Waals surface area contributed by atoms with E-state index < -0.39 is 11.7 Å². The van der Waals surface area contributed by atoms with Crippen molar-refractivity contribution >= 4 is 11.3 Å². The molecular weight excluding hydrogens is 377 g/mol. The molecule has 0 radical (unpaired) electrons. The molecule has 0 aliphatic heterocycles. The van der Waals surface area contributed by atoms with Gasteiger partial charge in [-0.25, -0.2) is 4.98 Å². The molecule has 0 fully saturated rings. The number of rotatable bonds is 5. The van der Waals surface area contributed by atoms with E-state index in [1.165, 1.54) is 30.6 Å². The van der Waals surface area contributed by atoms with Crippen molar-refractivity contribution in [3.05, 3.63) is 64.7 Å². The number of halogens is 3. The molecule has 8 heteroatoms. The molecule has 0 N–H and O–H groups in total. The van der Waals surface area contributed by atoms with Crippen molar-refractivity contribution in [2.75, 3.05) is 7.11 Å². The predicted molar refractivity (Wildman–Crippen MR) is 94.6 cm³/mol. The second-order valence-corrected chi connectivity index (χ2v) is 6.34. The summed E-state index contributed by atoms with van der Waals surface area (Å²) < 4.78 is 48.8. The van der Waals surface area contributed by atoms with Crippen molar-refractivity contribution in [3.8, 4) is 28.1 Å². The number of hydrogen-bond donors (Lipinski definition) is 0. The fourth-order valence-corrected chi connectivity index (χ4v) is 3.13. The van der Waals surface area contributed by atoms with Gasteiger partial charge in [0.1, 0.15) is 11.6 Å². The van der Waals surface area contributed by atoms with Gasteiger partial charge in [0.15, 0.2) is 11.5 Å². The lowest BCUT2D eigenvalue weighted by molar-refractivity contribution is -0.137. The van der Waals surface area contributed by atoms with E-state index in [0.29, 0.717) is 33.3 Å². The highest BCUT2D eigenvalue weighted by Crippen LogP contribution is 2.32. The molecule has 1 aromatic heterocycles. The molecule has 0 spiro atoms. The Hall–Kier alpha value is -3.05. The molecule has 4 nitrogen and oxygen atoms in total. The minimum atomic E-state index is -4.36. The van der Waals surface area contributed by atoms with Crippen LogP contribution in [-0.4, -0.2) is 12.1 Å². The monoisotopic (exact) mass is 390 g/mol. The van der Waals surface area contributed by atoms with E-state index in [2.05, 4.69) is 4.98 Å². The van der Waals surface area contributed by atoms with Crippen LogP contribution in [0.3, 0.4) is 0 Å². The van der Waals surface area contributed by atoms with E-state index in [1.807, 2.05) is 6.07 Å². The van der Waals surface area contributed by atoms with Gasteiger partial charge in [0.05, 0.1) is 30.0 Å². The summed E-state index contributed by atoms with van der Waals surface area (Å²) in [4.78, 5) is 4.40. The van der Waals surface area contributed by atoms with Gasteiger partial charge in [0.25, 0.3) is 0 Å². The van der Waals surface area contributed by atoms with Gasteiger partial charge in [0.2, 0.25) is 0 Å². The van der Waals surface area contributed by atoms with E-state index in [0.717, 1.165) is 12.1 Å². The molecule has 3 rings (SSSR count). The topological polar surface area (TPSA) is 55.1 Å². The minimum Gasteiger partial charge on any atom is -0.493 e. The van der Waals surface area contributed by atoms with Crippen LogP contribution < -0.4 is 9.47 Å². The SMILES string of the molecule is COc1cc(C#N)ccc1OCc1csc(-c2ccc(C(F)(F)F)cc2)n1. The van der Waals surface area contributed by atoms with Crippen LogP contribution in [0, 0.1) is 11.3 Å². The van der Waals surface area contributed by atoms with Crippen molar-refractivity contribution in [1.29, 1.82) is 5.26 Å². The molecule has 0 aliphatic rings. The lowest BCUT2D eigenvalue weighted by Crippen LogP contribution is -2.04. The number of ether oxygens (including phenoxy) is 2. The number of nitriles is 1. The second-order valence-electron chi connectivity index (χ2n) is 5.49. The summed E-state index contributed by atoms with van der Waals surface area (Å²) in [5.41, 5.74) is 1.01. The largest absolute Gasteiger partial charge is 0.493 e. The van der Waals surface area contributed by atoms with E-state index in [9.17, 15) is 13.2 Å². The smallest absolute Gasteiger partial charge is 0.416 e. The Morgan fingerprint density at radius 2 is 1.85 bits per heavy atom. The van der Waals surface area contributed by atoms with Crippen LogP contribution in [-0.2, 0) is 12.8 Å². The number of hydrogen-bond acceptors (Lipinski definition) is 5. The van der Waals surface area contributed by atoms with Crippen molar-refractivity contribution in [2.24, 2.45) is 0 Å². The normalized spacial score (nSPS) is 11.1. The van der Waals surface area contributed by atoms with Crippen molar-refractivity contribution in [1.82, 2.24) is 4.98 Å². The van der Waals surface area contributed by atoms with Crippen molar-refractivity contribution in [2.45, 2.75) is 12.8 Å². The Kier molecular flexibility index (Phi) is 5.33. The van der Waals surface area contributed by atoms with Crippen molar-refractivity contribution in [3.63, 3.8) is 0 Å². The van der Waals surface area contributed by atoms with Crippen LogP contribution in [0.25, 0.3) is 10.6 Å². The van der Waals surface area contributed by atoms with E-state index >= 15 is 0 Å². The van der Waals surface area contributed by atoms with Crippen molar-refractivity contribution < 1.29 is 22.6 Å². The molecule has 0 aliphatic carbocycles. The molecule has 2 aromatic carbocycles. The number of alkyl halides is 3. The molecule has 0 saturated heterocycles. The number of benzene rings is 2. The molecule has 3 aromatic rings. The van der Waals surface area contributed by atoms with Gasteiger partial charge >= 0.3 is 6.18 Å². The standard InChI is InChI=1S/C19H13F3N2O2S/c1-25-17-8-12(9-23)2-7-16(17)26-10-15-11-27-18(24-15)13-3-5-14(6-4-13)19(20,21)22/h2-8,11H,10H2,1H3. The summed E-state index contributed by atoms with van der Waals surface area (Å²) in [5.74, 6) is 0.910. The average molecular weight is 390 g/mol. The maximum atomic E-state index is 12.6. The summed E-state index contributed by atoms with van der Waals surface area (Å²) >= 11 is 1.32.